The third-order valence-corrected chi connectivity index (χ3v) is 4.43. The monoisotopic (exact) mass is 363 g/mol. The van der Waals surface area contributed by atoms with Crippen molar-refractivity contribution in [3.05, 3.63) is 29.8 Å². The topological polar surface area (TPSA) is 62.2 Å². The molecule has 0 bridgehead atoms. The molecule has 3 amide bonds. The summed E-state index contributed by atoms with van der Waals surface area (Å²) in [6, 6.07) is 6.32. The Morgan fingerprint density at radius 3 is 2.32 bits per heavy atom. The fraction of sp³-hybridized carbons (Fsp3) is 0.500. The quantitative estimate of drug-likeness (QED) is 0.819. The van der Waals surface area contributed by atoms with E-state index < -0.39 is 0 Å². The Hall–Kier alpha value is -2.02. The fourth-order valence-electron chi connectivity index (χ4n) is 2.31. The summed E-state index contributed by atoms with van der Waals surface area (Å²) in [5.74, 6) is 0.599. The fourth-order valence-corrected chi connectivity index (χ4v) is 3.55. The number of imide groups is 1. The van der Waals surface area contributed by atoms with Gasteiger partial charge < -0.3 is 4.74 Å². The van der Waals surface area contributed by atoms with E-state index in [1.54, 1.807) is 36.3 Å². The number of urea groups is 1. The SMILES string of the molecule is COc1ccc(C(=O)N2CSC(=NC(C)(C)C)N(C(C)C)C2=O)cc1. The van der Waals surface area contributed by atoms with Crippen LogP contribution in [0.25, 0.3) is 0 Å². The van der Waals surface area contributed by atoms with Crippen LogP contribution in [0.15, 0.2) is 29.3 Å². The first-order chi connectivity index (χ1) is 11.6. The molecule has 1 aliphatic rings. The van der Waals surface area contributed by atoms with Crippen LogP contribution in [0.3, 0.4) is 0 Å². The van der Waals surface area contributed by atoms with Gasteiger partial charge in [-0.3, -0.25) is 14.7 Å². The van der Waals surface area contributed by atoms with Crippen LogP contribution in [-0.4, -0.2) is 51.5 Å². The van der Waals surface area contributed by atoms with Crippen molar-refractivity contribution in [1.29, 1.82) is 0 Å². The summed E-state index contributed by atoms with van der Waals surface area (Å²) in [5, 5.41) is 0.659. The van der Waals surface area contributed by atoms with Crippen molar-refractivity contribution in [2.24, 2.45) is 4.99 Å². The molecule has 0 aliphatic carbocycles. The Kier molecular flexibility index (Phi) is 5.77. The molecule has 2 rings (SSSR count). The Morgan fingerprint density at radius 2 is 1.84 bits per heavy atom. The normalized spacial score (nSPS) is 17.4. The number of hydrogen-bond donors (Lipinski definition) is 0. The summed E-state index contributed by atoms with van der Waals surface area (Å²) < 4.78 is 5.10. The maximum Gasteiger partial charge on any atom is 0.334 e. The number of methoxy groups -OCH3 is 1. The molecule has 0 N–H and O–H groups in total. The van der Waals surface area contributed by atoms with E-state index in [1.807, 2.05) is 34.6 Å². The molecule has 0 unspecified atom stereocenters. The third-order valence-electron chi connectivity index (χ3n) is 3.50. The summed E-state index contributed by atoms with van der Waals surface area (Å²) >= 11 is 1.40. The van der Waals surface area contributed by atoms with Gasteiger partial charge in [0, 0.05) is 11.6 Å². The van der Waals surface area contributed by atoms with E-state index in [0.717, 1.165) is 0 Å². The first kappa shape index (κ1) is 19.3. The Labute approximate surface area is 153 Å². The second-order valence-corrected chi connectivity index (χ2v) is 7.96. The highest BCUT2D eigenvalue weighted by Gasteiger charge is 2.37. The van der Waals surface area contributed by atoms with Crippen molar-refractivity contribution in [2.75, 3.05) is 13.0 Å². The van der Waals surface area contributed by atoms with E-state index in [0.29, 0.717) is 16.5 Å². The molecular formula is C18H25N3O3S. The van der Waals surface area contributed by atoms with Gasteiger partial charge in [0.25, 0.3) is 5.91 Å². The molecule has 25 heavy (non-hydrogen) atoms. The molecule has 0 spiro atoms. The predicted octanol–water partition coefficient (Wildman–Crippen LogP) is 3.83. The van der Waals surface area contributed by atoms with Crippen LogP contribution < -0.4 is 4.74 Å². The average Bonchev–Trinajstić information content (AvgIpc) is 2.52. The zero-order valence-corrected chi connectivity index (χ0v) is 16.4. The first-order valence-corrected chi connectivity index (χ1v) is 9.14. The highest BCUT2D eigenvalue weighted by atomic mass is 32.2. The van der Waals surface area contributed by atoms with Crippen molar-refractivity contribution in [3.8, 4) is 5.75 Å². The van der Waals surface area contributed by atoms with Gasteiger partial charge in [-0.15, -0.1) is 0 Å². The lowest BCUT2D eigenvalue weighted by atomic mass is 10.1. The van der Waals surface area contributed by atoms with E-state index in [4.69, 9.17) is 4.74 Å². The lowest BCUT2D eigenvalue weighted by Gasteiger charge is -2.37. The van der Waals surface area contributed by atoms with Crippen LogP contribution in [0, 0.1) is 0 Å². The number of rotatable bonds is 3. The minimum Gasteiger partial charge on any atom is -0.497 e. The minimum atomic E-state index is -0.336. The van der Waals surface area contributed by atoms with Crippen LogP contribution in [0.5, 0.6) is 5.75 Å². The first-order valence-electron chi connectivity index (χ1n) is 8.16. The molecule has 0 radical (unpaired) electrons. The van der Waals surface area contributed by atoms with Gasteiger partial charge in [0.05, 0.1) is 18.5 Å². The number of ether oxygens (including phenoxy) is 1. The molecule has 1 fully saturated rings. The van der Waals surface area contributed by atoms with Crippen LogP contribution in [-0.2, 0) is 0 Å². The third kappa shape index (κ3) is 4.54. The Balaban J connectivity index is 2.28. The molecule has 0 aromatic heterocycles. The summed E-state index contributed by atoms with van der Waals surface area (Å²) in [6.45, 7) is 9.78. The molecule has 0 atom stereocenters. The second-order valence-electron chi connectivity index (χ2n) is 7.05. The van der Waals surface area contributed by atoms with Crippen LogP contribution in [0.1, 0.15) is 45.0 Å². The molecule has 0 saturated carbocycles. The number of carbonyl (C=O) groups is 2. The molecule has 1 aromatic rings. The lowest BCUT2D eigenvalue weighted by molar-refractivity contribution is 0.0798. The zero-order valence-electron chi connectivity index (χ0n) is 15.6. The van der Waals surface area contributed by atoms with Gasteiger partial charge in [0.1, 0.15) is 5.75 Å². The molecule has 7 heteroatoms. The maximum absolute atomic E-state index is 12.9. The summed E-state index contributed by atoms with van der Waals surface area (Å²) in [4.78, 5) is 33.2. The van der Waals surface area contributed by atoms with Gasteiger partial charge in [0.2, 0.25) is 0 Å². The molecule has 1 saturated heterocycles. The van der Waals surface area contributed by atoms with Gasteiger partial charge in [-0.1, -0.05) is 11.8 Å². The number of benzene rings is 1. The van der Waals surface area contributed by atoms with Gasteiger partial charge >= 0.3 is 6.03 Å². The number of carbonyl (C=O) groups excluding carboxylic acids is 2. The van der Waals surface area contributed by atoms with Crippen molar-refractivity contribution in [2.45, 2.75) is 46.2 Å². The van der Waals surface area contributed by atoms with Gasteiger partial charge in [0.15, 0.2) is 5.17 Å². The molecule has 1 heterocycles. The molecule has 1 aliphatic heterocycles. The number of hydrogen-bond acceptors (Lipinski definition) is 5. The Morgan fingerprint density at radius 1 is 1.24 bits per heavy atom. The van der Waals surface area contributed by atoms with E-state index in [9.17, 15) is 9.59 Å². The molecule has 6 nitrogen and oxygen atoms in total. The molecular weight excluding hydrogens is 338 g/mol. The van der Waals surface area contributed by atoms with E-state index in [1.165, 1.54) is 16.7 Å². The Bertz CT molecular complexity index is 678. The largest absolute Gasteiger partial charge is 0.497 e. The van der Waals surface area contributed by atoms with Crippen LogP contribution in [0.2, 0.25) is 0 Å². The highest BCUT2D eigenvalue weighted by Crippen LogP contribution is 2.27. The smallest absolute Gasteiger partial charge is 0.334 e. The number of amidine groups is 1. The molecule has 1 aromatic carbocycles. The minimum absolute atomic E-state index is 0.0902. The number of thioether (sulfide) groups is 1. The zero-order chi connectivity index (χ0) is 18.8. The maximum atomic E-state index is 12.9. The predicted molar refractivity (Wildman–Crippen MR) is 101 cm³/mol. The van der Waals surface area contributed by atoms with Gasteiger partial charge in [-0.2, -0.15) is 0 Å². The highest BCUT2D eigenvalue weighted by molar-refractivity contribution is 8.13. The lowest BCUT2D eigenvalue weighted by Crippen LogP contribution is -2.55. The second kappa shape index (κ2) is 7.47. The molecule has 136 valence electrons. The average molecular weight is 363 g/mol. The number of aliphatic imine (C=N–C) groups is 1. The van der Waals surface area contributed by atoms with E-state index in [-0.39, 0.29) is 29.4 Å². The summed E-state index contributed by atoms with van der Waals surface area (Å²) in [7, 11) is 1.57. The van der Waals surface area contributed by atoms with Crippen LogP contribution in [0.4, 0.5) is 4.79 Å². The van der Waals surface area contributed by atoms with E-state index >= 15 is 0 Å². The number of nitrogens with zero attached hydrogens (tertiary/aromatic N) is 3. The summed E-state index contributed by atoms with van der Waals surface area (Å²) in [6.07, 6.45) is 0. The van der Waals surface area contributed by atoms with Crippen molar-refractivity contribution in [1.82, 2.24) is 9.80 Å². The van der Waals surface area contributed by atoms with Crippen LogP contribution >= 0.6 is 11.8 Å². The number of amides is 3. The summed E-state index contributed by atoms with van der Waals surface area (Å²) in [5.41, 5.74) is 0.160. The van der Waals surface area contributed by atoms with Crippen molar-refractivity contribution < 1.29 is 14.3 Å². The van der Waals surface area contributed by atoms with Gasteiger partial charge in [-0.25, -0.2) is 9.69 Å². The van der Waals surface area contributed by atoms with Gasteiger partial charge in [-0.05, 0) is 58.9 Å². The van der Waals surface area contributed by atoms with Crippen molar-refractivity contribution >= 4 is 28.9 Å². The standard InChI is InChI=1S/C18H25N3O3S/c1-12(2)21-16(19-18(3,4)5)25-11-20(17(21)23)15(22)13-7-9-14(24-6)10-8-13/h7-10,12H,11H2,1-6H3. The van der Waals surface area contributed by atoms with E-state index in [2.05, 4.69) is 4.99 Å². The van der Waals surface area contributed by atoms with Crippen molar-refractivity contribution in [3.63, 3.8) is 0 Å².